The zero-order valence-corrected chi connectivity index (χ0v) is 10.9. The number of rotatable bonds is 3. The molecule has 2 heterocycles. The van der Waals surface area contributed by atoms with E-state index in [2.05, 4.69) is 11.4 Å². The molecule has 1 amide bonds. The van der Waals surface area contributed by atoms with Gasteiger partial charge in [0.25, 0.3) is 0 Å². The molecule has 0 saturated carbocycles. The summed E-state index contributed by atoms with van der Waals surface area (Å²) in [4.78, 5) is 12.1. The van der Waals surface area contributed by atoms with E-state index >= 15 is 0 Å². The summed E-state index contributed by atoms with van der Waals surface area (Å²) in [5.41, 5.74) is 1.20. The molecule has 1 aromatic carbocycles. The summed E-state index contributed by atoms with van der Waals surface area (Å²) >= 11 is 0. The molecule has 1 atom stereocenters. The maximum atomic E-state index is 12.1. The highest BCUT2D eigenvalue weighted by molar-refractivity contribution is 5.78. The Morgan fingerprint density at radius 1 is 1.26 bits per heavy atom. The van der Waals surface area contributed by atoms with Crippen LogP contribution >= 0.6 is 0 Å². The minimum Gasteiger partial charge on any atom is -0.493 e. The topological polar surface area (TPSA) is 47.6 Å². The number of benzene rings is 1. The molecular weight excluding hydrogens is 242 g/mol. The van der Waals surface area contributed by atoms with Crippen LogP contribution in [0.15, 0.2) is 24.3 Å². The van der Waals surface area contributed by atoms with Crippen molar-refractivity contribution in [3.63, 3.8) is 0 Å². The van der Waals surface area contributed by atoms with Gasteiger partial charge in [-0.25, -0.2) is 0 Å². The lowest BCUT2D eigenvalue weighted by molar-refractivity contribution is -0.127. The molecule has 1 N–H and O–H groups in total. The number of ether oxygens (including phenoxy) is 2. The fourth-order valence-electron chi connectivity index (χ4n) is 2.73. The molecule has 1 aromatic rings. The lowest BCUT2D eigenvalue weighted by atomic mass is 9.98. The number of nitrogens with one attached hydrogen (secondary N) is 1. The summed E-state index contributed by atoms with van der Waals surface area (Å²) < 4.78 is 10.9. The average Bonchev–Trinajstić information content (AvgIpc) is 2.89. The SMILES string of the molecule is O=C(NCC1COc2ccccc21)C1CCOCC1. The summed E-state index contributed by atoms with van der Waals surface area (Å²) in [7, 11) is 0. The van der Waals surface area contributed by atoms with E-state index in [-0.39, 0.29) is 17.7 Å². The largest absolute Gasteiger partial charge is 0.493 e. The van der Waals surface area contributed by atoms with Crippen LogP contribution in [0.2, 0.25) is 0 Å². The van der Waals surface area contributed by atoms with Gasteiger partial charge in [0, 0.05) is 37.2 Å². The van der Waals surface area contributed by atoms with E-state index in [1.165, 1.54) is 5.56 Å². The van der Waals surface area contributed by atoms with Gasteiger partial charge in [0.15, 0.2) is 0 Å². The van der Waals surface area contributed by atoms with E-state index in [9.17, 15) is 4.79 Å². The Morgan fingerprint density at radius 3 is 2.89 bits per heavy atom. The van der Waals surface area contributed by atoms with Crippen molar-refractivity contribution in [2.75, 3.05) is 26.4 Å². The van der Waals surface area contributed by atoms with Gasteiger partial charge in [-0.3, -0.25) is 4.79 Å². The molecule has 0 bridgehead atoms. The number of amides is 1. The molecule has 4 nitrogen and oxygen atoms in total. The van der Waals surface area contributed by atoms with Gasteiger partial charge in [0.1, 0.15) is 5.75 Å². The van der Waals surface area contributed by atoms with Crippen molar-refractivity contribution in [2.24, 2.45) is 5.92 Å². The van der Waals surface area contributed by atoms with Gasteiger partial charge >= 0.3 is 0 Å². The lowest BCUT2D eigenvalue weighted by Crippen LogP contribution is -2.36. The number of fused-ring (bicyclic) bond motifs is 1. The Morgan fingerprint density at radius 2 is 2.05 bits per heavy atom. The molecule has 0 aliphatic carbocycles. The maximum Gasteiger partial charge on any atom is 0.223 e. The third-order valence-corrected chi connectivity index (χ3v) is 3.91. The second kappa shape index (κ2) is 5.61. The molecule has 0 spiro atoms. The molecule has 1 fully saturated rings. The van der Waals surface area contributed by atoms with Crippen molar-refractivity contribution >= 4 is 5.91 Å². The lowest BCUT2D eigenvalue weighted by Gasteiger charge is -2.22. The van der Waals surface area contributed by atoms with Crippen molar-refractivity contribution in [1.82, 2.24) is 5.32 Å². The Balaban J connectivity index is 1.54. The van der Waals surface area contributed by atoms with E-state index in [1.807, 2.05) is 18.2 Å². The summed E-state index contributed by atoms with van der Waals surface area (Å²) in [6, 6.07) is 8.05. The number of hydrogen-bond donors (Lipinski definition) is 1. The monoisotopic (exact) mass is 261 g/mol. The summed E-state index contributed by atoms with van der Waals surface area (Å²) in [6.07, 6.45) is 1.67. The molecule has 102 valence electrons. The van der Waals surface area contributed by atoms with Crippen LogP contribution in [0.25, 0.3) is 0 Å². The van der Waals surface area contributed by atoms with Crippen LogP contribution < -0.4 is 10.1 Å². The van der Waals surface area contributed by atoms with E-state index in [1.54, 1.807) is 0 Å². The van der Waals surface area contributed by atoms with Gasteiger partial charge in [0.05, 0.1) is 6.61 Å². The van der Waals surface area contributed by atoms with Crippen molar-refractivity contribution in [3.05, 3.63) is 29.8 Å². The van der Waals surface area contributed by atoms with Crippen molar-refractivity contribution in [1.29, 1.82) is 0 Å². The van der Waals surface area contributed by atoms with Crippen LogP contribution in [0, 0.1) is 5.92 Å². The maximum absolute atomic E-state index is 12.1. The molecule has 2 aliphatic rings. The van der Waals surface area contributed by atoms with Crippen LogP contribution in [-0.2, 0) is 9.53 Å². The van der Waals surface area contributed by atoms with Crippen molar-refractivity contribution < 1.29 is 14.3 Å². The van der Waals surface area contributed by atoms with Crippen LogP contribution in [0.3, 0.4) is 0 Å². The first-order valence-electron chi connectivity index (χ1n) is 6.92. The average molecular weight is 261 g/mol. The van der Waals surface area contributed by atoms with Gasteiger partial charge in [0.2, 0.25) is 5.91 Å². The number of para-hydroxylation sites is 1. The van der Waals surface area contributed by atoms with E-state index in [0.717, 1.165) is 18.6 Å². The first-order valence-corrected chi connectivity index (χ1v) is 6.92. The fraction of sp³-hybridized carbons (Fsp3) is 0.533. The van der Waals surface area contributed by atoms with Gasteiger partial charge in [-0.05, 0) is 18.9 Å². The summed E-state index contributed by atoms with van der Waals surface area (Å²) in [5.74, 6) is 1.51. The Bertz CT molecular complexity index is 454. The van der Waals surface area contributed by atoms with Gasteiger partial charge in [-0.15, -0.1) is 0 Å². The second-order valence-electron chi connectivity index (χ2n) is 5.18. The van der Waals surface area contributed by atoms with Crippen molar-refractivity contribution in [2.45, 2.75) is 18.8 Å². The summed E-state index contributed by atoms with van der Waals surface area (Å²) in [6.45, 7) is 2.72. The first kappa shape index (κ1) is 12.5. The standard InChI is InChI=1S/C15H19NO3/c17-15(11-5-7-18-8-6-11)16-9-12-10-19-14-4-2-1-3-13(12)14/h1-4,11-12H,5-10H2,(H,16,17). The predicted octanol–water partition coefficient (Wildman–Crippen LogP) is 1.71. The van der Waals surface area contributed by atoms with Gasteiger partial charge in [-0.2, -0.15) is 0 Å². The zero-order valence-electron chi connectivity index (χ0n) is 10.9. The molecule has 4 heteroatoms. The third kappa shape index (κ3) is 2.73. The highest BCUT2D eigenvalue weighted by Gasteiger charge is 2.26. The Kier molecular flexibility index (Phi) is 3.69. The van der Waals surface area contributed by atoms with Crippen LogP contribution in [0.1, 0.15) is 24.3 Å². The van der Waals surface area contributed by atoms with E-state index in [0.29, 0.717) is 26.4 Å². The highest BCUT2D eigenvalue weighted by atomic mass is 16.5. The molecule has 19 heavy (non-hydrogen) atoms. The summed E-state index contributed by atoms with van der Waals surface area (Å²) in [5, 5.41) is 3.06. The third-order valence-electron chi connectivity index (χ3n) is 3.91. The normalized spacial score (nSPS) is 22.6. The van der Waals surface area contributed by atoms with Gasteiger partial charge in [-0.1, -0.05) is 18.2 Å². The van der Waals surface area contributed by atoms with Crippen molar-refractivity contribution in [3.8, 4) is 5.75 Å². The molecule has 2 aliphatic heterocycles. The fourth-order valence-corrected chi connectivity index (χ4v) is 2.73. The number of carbonyl (C=O) groups excluding carboxylic acids is 1. The number of hydrogen-bond acceptors (Lipinski definition) is 3. The number of carbonyl (C=O) groups is 1. The Hall–Kier alpha value is -1.55. The Labute approximate surface area is 113 Å². The molecule has 1 unspecified atom stereocenters. The zero-order chi connectivity index (χ0) is 13.1. The van der Waals surface area contributed by atoms with E-state index in [4.69, 9.17) is 9.47 Å². The minimum atomic E-state index is 0.117. The molecule has 3 rings (SSSR count). The minimum absolute atomic E-state index is 0.117. The van der Waals surface area contributed by atoms with Crippen LogP contribution in [-0.4, -0.2) is 32.3 Å². The quantitative estimate of drug-likeness (QED) is 0.901. The first-order chi connectivity index (χ1) is 9.34. The molecule has 0 aromatic heterocycles. The molecule has 1 saturated heterocycles. The smallest absolute Gasteiger partial charge is 0.223 e. The second-order valence-corrected chi connectivity index (χ2v) is 5.18. The highest BCUT2D eigenvalue weighted by Crippen LogP contribution is 2.32. The van der Waals surface area contributed by atoms with Gasteiger partial charge < -0.3 is 14.8 Å². The predicted molar refractivity (Wildman–Crippen MR) is 71.2 cm³/mol. The molecule has 0 radical (unpaired) electrons. The molecular formula is C15H19NO3. The van der Waals surface area contributed by atoms with Crippen LogP contribution in [0.5, 0.6) is 5.75 Å². The van der Waals surface area contributed by atoms with E-state index < -0.39 is 0 Å². The van der Waals surface area contributed by atoms with Crippen LogP contribution in [0.4, 0.5) is 0 Å².